The van der Waals surface area contributed by atoms with Crippen molar-refractivity contribution in [2.24, 2.45) is 5.73 Å². The molecule has 1 aliphatic heterocycles. The summed E-state index contributed by atoms with van der Waals surface area (Å²) < 4.78 is 10.3. The lowest BCUT2D eigenvalue weighted by Crippen LogP contribution is -2.50. The van der Waals surface area contributed by atoms with Crippen LogP contribution in [0.15, 0.2) is 0 Å². The molecule has 1 amide bonds. The second kappa shape index (κ2) is 5.95. The minimum atomic E-state index is -0.382. The lowest BCUT2D eigenvalue weighted by atomic mass is 10.1. The smallest absolute Gasteiger partial charge is 0.237 e. The van der Waals surface area contributed by atoms with E-state index in [9.17, 15) is 4.79 Å². The maximum atomic E-state index is 11.1. The first-order chi connectivity index (χ1) is 6.75. The molecule has 0 spiro atoms. The Labute approximate surface area is 83.9 Å². The molecule has 1 aliphatic rings. The van der Waals surface area contributed by atoms with Gasteiger partial charge in [-0.25, -0.2) is 0 Å². The average molecular weight is 202 g/mol. The number of carbonyl (C=O) groups excluding carboxylic acids is 1. The Balaban J connectivity index is 2.34. The Hall–Kier alpha value is -0.650. The normalized spacial score (nSPS) is 23.6. The van der Waals surface area contributed by atoms with Gasteiger partial charge in [0.2, 0.25) is 5.91 Å². The zero-order valence-corrected chi connectivity index (χ0v) is 8.49. The van der Waals surface area contributed by atoms with Crippen LogP contribution in [-0.4, -0.2) is 44.9 Å². The van der Waals surface area contributed by atoms with Gasteiger partial charge in [0, 0.05) is 20.3 Å². The van der Waals surface area contributed by atoms with Gasteiger partial charge >= 0.3 is 0 Å². The van der Waals surface area contributed by atoms with E-state index in [1.807, 2.05) is 0 Å². The van der Waals surface area contributed by atoms with Gasteiger partial charge in [-0.15, -0.1) is 0 Å². The van der Waals surface area contributed by atoms with Gasteiger partial charge in [-0.3, -0.25) is 4.79 Å². The number of carbonyl (C=O) groups is 1. The van der Waals surface area contributed by atoms with E-state index >= 15 is 0 Å². The standard InChI is InChI=1S/C9H18N2O3/c1-13-6-4-11-8(9(10)12)7-3-2-5-14-7/h7-8,11H,2-6H2,1H3,(H2,10,12). The third-order valence-corrected chi connectivity index (χ3v) is 2.31. The van der Waals surface area contributed by atoms with Gasteiger partial charge in [0.15, 0.2) is 0 Å². The Morgan fingerprint density at radius 1 is 1.79 bits per heavy atom. The highest BCUT2D eigenvalue weighted by atomic mass is 16.5. The molecule has 82 valence electrons. The highest BCUT2D eigenvalue weighted by molar-refractivity contribution is 5.80. The van der Waals surface area contributed by atoms with Crippen LogP contribution in [0.4, 0.5) is 0 Å². The number of nitrogens with two attached hydrogens (primary N) is 1. The van der Waals surface area contributed by atoms with E-state index in [1.165, 1.54) is 0 Å². The van der Waals surface area contributed by atoms with Gasteiger partial charge in [-0.05, 0) is 12.8 Å². The van der Waals surface area contributed by atoms with E-state index in [-0.39, 0.29) is 18.1 Å². The topological polar surface area (TPSA) is 73.6 Å². The number of methoxy groups -OCH3 is 1. The van der Waals surface area contributed by atoms with Gasteiger partial charge in [0.05, 0.1) is 12.7 Å². The molecule has 0 aromatic heterocycles. The van der Waals surface area contributed by atoms with Gasteiger partial charge < -0.3 is 20.5 Å². The van der Waals surface area contributed by atoms with Crippen LogP contribution in [0.5, 0.6) is 0 Å². The predicted octanol–water partition coefficient (Wildman–Crippen LogP) is -0.745. The van der Waals surface area contributed by atoms with Crippen LogP contribution >= 0.6 is 0 Å². The van der Waals surface area contributed by atoms with Crippen molar-refractivity contribution in [2.75, 3.05) is 26.9 Å². The highest BCUT2D eigenvalue weighted by Gasteiger charge is 2.29. The number of nitrogens with one attached hydrogen (secondary N) is 1. The van der Waals surface area contributed by atoms with E-state index < -0.39 is 0 Å². The molecule has 0 radical (unpaired) electrons. The second-order valence-electron chi connectivity index (χ2n) is 3.38. The summed E-state index contributed by atoms with van der Waals surface area (Å²) in [6, 6.07) is -0.382. The van der Waals surface area contributed by atoms with Gasteiger partial charge in [0.25, 0.3) is 0 Å². The number of rotatable bonds is 6. The Morgan fingerprint density at radius 3 is 3.07 bits per heavy atom. The molecular formula is C9H18N2O3. The zero-order valence-electron chi connectivity index (χ0n) is 8.49. The van der Waals surface area contributed by atoms with Crippen LogP contribution in [0.3, 0.4) is 0 Å². The molecule has 1 saturated heterocycles. The second-order valence-corrected chi connectivity index (χ2v) is 3.38. The van der Waals surface area contributed by atoms with Crippen LogP contribution in [0.25, 0.3) is 0 Å². The molecule has 5 nitrogen and oxygen atoms in total. The van der Waals surface area contributed by atoms with Crippen LogP contribution < -0.4 is 11.1 Å². The summed E-state index contributed by atoms with van der Waals surface area (Å²) in [5, 5.41) is 3.04. The maximum absolute atomic E-state index is 11.1. The quantitative estimate of drug-likeness (QED) is 0.556. The summed E-state index contributed by atoms with van der Waals surface area (Å²) in [4.78, 5) is 11.1. The molecule has 2 atom stereocenters. The number of hydrogen-bond acceptors (Lipinski definition) is 4. The summed E-state index contributed by atoms with van der Waals surface area (Å²) in [5.74, 6) is -0.354. The maximum Gasteiger partial charge on any atom is 0.237 e. The lowest BCUT2D eigenvalue weighted by Gasteiger charge is -2.20. The van der Waals surface area contributed by atoms with E-state index in [1.54, 1.807) is 7.11 Å². The first-order valence-electron chi connectivity index (χ1n) is 4.89. The molecule has 1 heterocycles. The first-order valence-corrected chi connectivity index (χ1v) is 4.89. The Morgan fingerprint density at radius 2 is 2.57 bits per heavy atom. The van der Waals surface area contributed by atoms with Crippen molar-refractivity contribution in [3.8, 4) is 0 Å². The van der Waals surface area contributed by atoms with E-state index in [4.69, 9.17) is 15.2 Å². The molecule has 0 aromatic carbocycles. The molecule has 0 saturated carbocycles. The Kier molecular flexibility index (Phi) is 4.86. The number of primary amides is 1. The number of ether oxygens (including phenoxy) is 2. The predicted molar refractivity (Wildman–Crippen MR) is 51.8 cm³/mol. The fraction of sp³-hybridized carbons (Fsp3) is 0.889. The summed E-state index contributed by atoms with van der Waals surface area (Å²) in [5.41, 5.74) is 5.28. The Bertz CT molecular complexity index is 181. The lowest BCUT2D eigenvalue weighted by molar-refractivity contribution is -0.123. The van der Waals surface area contributed by atoms with Crippen LogP contribution in [-0.2, 0) is 14.3 Å². The highest BCUT2D eigenvalue weighted by Crippen LogP contribution is 2.15. The molecule has 3 N–H and O–H groups in total. The van der Waals surface area contributed by atoms with Crippen molar-refractivity contribution in [2.45, 2.75) is 25.0 Å². The number of hydrogen-bond donors (Lipinski definition) is 2. The molecule has 0 bridgehead atoms. The fourth-order valence-corrected chi connectivity index (χ4v) is 1.60. The number of amides is 1. The van der Waals surface area contributed by atoms with E-state index in [2.05, 4.69) is 5.32 Å². The van der Waals surface area contributed by atoms with Gasteiger partial charge in [-0.2, -0.15) is 0 Å². The molecule has 0 aliphatic carbocycles. The summed E-state index contributed by atoms with van der Waals surface area (Å²) in [6.07, 6.45) is 1.83. The van der Waals surface area contributed by atoms with Crippen molar-refractivity contribution < 1.29 is 14.3 Å². The van der Waals surface area contributed by atoms with Gasteiger partial charge in [0.1, 0.15) is 6.04 Å². The van der Waals surface area contributed by atoms with Crippen LogP contribution in [0, 0.1) is 0 Å². The first kappa shape index (κ1) is 11.4. The SMILES string of the molecule is COCCNC(C(N)=O)C1CCCO1. The van der Waals surface area contributed by atoms with Crippen LogP contribution in [0.2, 0.25) is 0 Å². The molecule has 5 heteroatoms. The third-order valence-electron chi connectivity index (χ3n) is 2.31. The van der Waals surface area contributed by atoms with Crippen molar-refractivity contribution in [1.29, 1.82) is 0 Å². The van der Waals surface area contributed by atoms with Crippen molar-refractivity contribution >= 4 is 5.91 Å². The van der Waals surface area contributed by atoms with Crippen molar-refractivity contribution in [3.05, 3.63) is 0 Å². The monoisotopic (exact) mass is 202 g/mol. The summed E-state index contributed by atoms with van der Waals surface area (Å²) >= 11 is 0. The molecular weight excluding hydrogens is 184 g/mol. The molecule has 14 heavy (non-hydrogen) atoms. The van der Waals surface area contributed by atoms with Gasteiger partial charge in [-0.1, -0.05) is 0 Å². The molecule has 1 fully saturated rings. The minimum Gasteiger partial charge on any atom is -0.383 e. The average Bonchev–Trinajstić information content (AvgIpc) is 2.64. The van der Waals surface area contributed by atoms with Crippen molar-refractivity contribution in [1.82, 2.24) is 5.32 Å². The van der Waals surface area contributed by atoms with Crippen LogP contribution in [0.1, 0.15) is 12.8 Å². The zero-order chi connectivity index (χ0) is 10.4. The fourth-order valence-electron chi connectivity index (χ4n) is 1.60. The van der Waals surface area contributed by atoms with Crippen molar-refractivity contribution in [3.63, 3.8) is 0 Å². The minimum absolute atomic E-state index is 0.0654. The molecule has 2 unspecified atom stereocenters. The largest absolute Gasteiger partial charge is 0.383 e. The molecule has 0 aromatic rings. The third kappa shape index (κ3) is 3.25. The van der Waals surface area contributed by atoms with E-state index in [0.29, 0.717) is 13.2 Å². The molecule has 1 rings (SSSR count). The summed E-state index contributed by atoms with van der Waals surface area (Å²) in [6.45, 7) is 1.90. The summed E-state index contributed by atoms with van der Waals surface area (Å²) in [7, 11) is 1.62. The van der Waals surface area contributed by atoms with E-state index in [0.717, 1.165) is 19.4 Å².